The Morgan fingerprint density at radius 2 is 1.44 bits per heavy atom. The lowest BCUT2D eigenvalue weighted by Gasteiger charge is -2.39. The van der Waals surface area contributed by atoms with E-state index in [1.54, 1.807) is 12.5 Å². The van der Waals surface area contributed by atoms with Crippen LogP contribution in [0.2, 0.25) is 0 Å². The van der Waals surface area contributed by atoms with Crippen molar-refractivity contribution in [2.45, 2.75) is 45.0 Å². The number of benzene rings is 2. The molecule has 140 valence electrons. The van der Waals surface area contributed by atoms with E-state index in [-0.39, 0.29) is 5.41 Å². The molecule has 3 heteroatoms. The van der Waals surface area contributed by atoms with E-state index in [0.717, 1.165) is 28.7 Å². The maximum absolute atomic E-state index is 11.9. The van der Waals surface area contributed by atoms with Gasteiger partial charge in [0.2, 0.25) is 0 Å². The van der Waals surface area contributed by atoms with Crippen molar-refractivity contribution in [1.82, 2.24) is 0 Å². The highest BCUT2D eigenvalue weighted by Gasteiger charge is 2.49. The van der Waals surface area contributed by atoms with Gasteiger partial charge in [-0.05, 0) is 29.4 Å². The zero-order chi connectivity index (χ0) is 19.1. The molecular weight excluding hydrogens is 336 g/mol. The first-order valence-electron chi connectivity index (χ1n) is 9.48. The summed E-state index contributed by atoms with van der Waals surface area (Å²) in [6, 6.07) is 17.8. The Kier molecular flexibility index (Phi) is 4.15. The quantitative estimate of drug-likeness (QED) is 0.747. The van der Waals surface area contributed by atoms with Crippen molar-refractivity contribution in [2.75, 3.05) is 0 Å². The van der Waals surface area contributed by atoms with Crippen LogP contribution in [0.25, 0.3) is 0 Å². The second-order valence-electron chi connectivity index (χ2n) is 8.30. The zero-order valence-electron chi connectivity index (χ0n) is 16.1. The van der Waals surface area contributed by atoms with Gasteiger partial charge in [0.25, 0.3) is 0 Å². The van der Waals surface area contributed by atoms with Gasteiger partial charge in [-0.3, -0.25) is 0 Å². The van der Waals surface area contributed by atoms with Crippen molar-refractivity contribution in [3.05, 3.63) is 95.5 Å². The van der Waals surface area contributed by atoms with Crippen molar-refractivity contribution >= 4 is 0 Å². The fourth-order valence-electron chi connectivity index (χ4n) is 4.42. The van der Waals surface area contributed by atoms with Gasteiger partial charge in [-0.15, -0.1) is 0 Å². The Balaban J connectivity index is 1.91. The fourth-order valence-corrected chi connectivity index (χ4v) is 4.42. The van der Waals surface area contributed by atoms with Crippen LogP contribution in [0.15, 0.2) is 78.8 Å². The molecule has 2 aromatic rings. The highest BCUT2D eigenvalue weighted by atomic mass is 16.7. The molecule has 1 aliphatic heterocycles. The summed E-state index contributed by atoms with van der Waals surface area (Å²) in [6.07, 6.45) is 6.84. The van der Waals surface area contributed by atoms with Gasteiger partial charge < -0.3 is 14.6 Å². The molecule has 4 rings (SSSR count). The smallest absolute Gasteiger partial charge is 0.304 e. The molecule has 1 aliphatic carbocycles. The Bertz CT molecular complexity index is 881. The largest absolute Gasteiger partial charge is 0.449 e. The Morgan fingerprint density at radius 1 is 0.852 bits per heavy atom. The topological polar surface area (TPSA) is 38.7 Å². The molecule has 0 fully saturated rings. The Labute approximate surface area is 160 Å². The monoisotopic (exact) mass is 362 g/mol. The van der Waals surface area contributed by atoms with Crippen LogP contribution in [0.3, 0.4) is 0 Å². The highest BCUT2D eigenvalue weighted by molar-refractivity contribution is 5.48. The molecule has 1 heterocycles. The number of rotatable bonds is 3. The van der Waals surface area contributed by atoms with Crippen molar-refractivity contribution < 1.29 is 14.6 Å². The van der Waals surface area contributed by atoms with Crippen LogP contribution in [0.5, 0.6) is 0 Å². The molecule has 0 spiro atoms. The van der Waals surface area contributed by atoms with Gasteiger partial charge in [0.1, 0.15) is 18.1 Å². The fraction of sp³-hybridized carbons (Fsp3) is 0.333. The second kappa shape index (κ2) is 6.28. The molecule has 0 radical (unpaired) electrons. The molecule has 1 N–H and O–H groups in total. The van der Waals surface area contributed by atoms with E-state index in [4.69, 9.17) is 9.47 Å². The average Bonchev–Trinajstić information content (AvgIpc) is 3.30. The van der Waals surface area contributed by atoms with E-state index in [9.17, 15) is 5.11 Å². The normalized spacial score (nSPS) is 23.6. The molecule has 3 nitrogen and oxygen atoms in total. The van der Waals surface area contributed by atoms with E-state index < -0.39 is 11.4 Å². The number of hydrogen-bond acceptors (Lipinski definition) is 3. The maximum atomic E-state index is 11.9. The Hall–Kier alpha value is -2.52. The molecule has 1 unspecified atom stereocenters. The third-order valence-corrected chi connectivity index (χ3v) is 5.51. The third kappa shape index (κ3) is 2.78. The number of ether oxygens (including phenoxy) is 2. The number of allylic oxidation sites excluding steroid dienone is 1. The molecule has 0 amide bonds. The summed E-state index contributed by atoms with van der Waals surface area (Å²) >= 11 is 0. The standard InChI is InChI=1S/C24H26O3/c1-22(2,3)21-14-9-15-23(21,25)19-12-7-8-13-20(19)24(26-16-17-27-24)18-10-5-4-6-11-18/h4-8,10-14,16-17,25H,9,15H2,1-3H3. The van der Waals surface area contributed by atoms with Gasteiger partial charge in [-0.2, -0.15) is 0 Å². The lowest BCUT2D eigenvalue weighted by molar-refractivity contribution is -0.115. The molecule has 2 aromatic carbocycles. The van der Waals surface area contributed by atoms with Crippen LogP contribution >= 0.6 is 0 Å². The molecule has 27 heavy (non-hydrogen) atoms. The SMILES string of the molecule is CC(C)(C)C1=CCCC1(O)c1ccccc1C1(c2ccccc2)OC=CO1. The minimum Gasteiger partial charge on any atom is -0.449 e. The zero-order valence-corrected chi connectivity index (χ0v) is 16.1. The molecule has 0 aromatic heterocycles. The van der Waals surface area contributed by atoms with Crippen LogP contribution < -0.4 is 0 Å². The van der Waals surface area contributed by atoms with E-state index in [1.807, 2.05) is 54.6 Å². The average molecular weight is 362 g/mol. The summed E-state index contributed by atoms with van der Waals surface area (Å²) in [6.45, 7) is 6.44. The number of aliphatic hydroxyl groups is 1. The lowest BCUT2D eigenvalue weighted by Crippen LogP contribution is -2.37. The minimum absolute atomic E-state index is 0.131. The van der Waals surface area contributed by atoms with Crippen LogP contribution in [0.1, 0.15) is 50.3 Å². The predicted octanol–water partition coefficient (Wildman–Crippen LogP) is 5.36. The molecule has 0 bridgehead atoms. The molecular formula is C24H26O3. The van der Waals surface area contributed by atoms with Crippen molar-refractivity contribution in [3.8, 4) is 0 Å². The summed E-state index contributed by atoms with van der Waals surface area (Å²) in [5, 5.41) is 11.9. The predicted molar refractivity (Wildman–Crippen MR) is 106 cm³/mol. The van der Waals surface area contributed by atoms with Gasteiger partial charge in [0.05, 0.1) is 0 Å². The van der Waals surface area contributed by atoms with Gasteiger partial charge in [0, 0.05) is 11.1 Å². The second-order valence-corrected chi connectivity index (χ2v) is 8.30. The van der Waals surface area contributed by atoms with E-state index in [0.29, 0.717) is 6.42 Å². The van der Waals surface area contributed by atoms with E-state index in [1.165, 1.54) is 0 Å². The molecule has 0 saturated carbocycles. The first-order chi connectivity index (χ1) is 12.9. The van der Waals surface area contributed by atoms with Gasteiger partial charge in [-0.1, -0.05) is 81.4 Å². The third-order valence-electron chi connectivity index (χ3n) is 5.51. The summed E-state index contributed by atoms with van der Waals surface area (Å²) < 4.78 is 12.1. The van der Waals surface area contributed by atoms with Gasteiger partial charge >= 0.3 is 5.79 Å². The molecule has 0 saturated heterocycles. The molecule has 2 aliphatic rings. The Morgan fingerprint density at radius 3 is 2.07 bits per heavy atom. The summed E-state index contributed by atoms with van der Waals surface area (Å²) in [4.78, 5) is 0. The lowest BCUT2D eigenvalue weighted by atomic mass is 9.72. The minimum atomic E-state index is -1.08. The van der Waals surface area contributed by atoms with Crippen LogP contribution in [0.4, 0.5) is 0 Å². The number of hydrogen-bond donors (Lipinski definition) is 1. The maximum Gasteiger partial charge on any atom is 0.304 e. The molecule has 1 atom stereocenters. The van der Waals surface area contributed by atoms with Crippen molar-refractivity contribution in [3.63, 3.8) is 0 Å². The van der Waals surface area contributed by atoms with Crippen molar-refractivity contribution in [2.24, 2.45) is 5.41 Å². The summed E-state index contributed by atoms with van der Waals surface area (Å²) in [5.41, 5.74) is 2.46. The summed E-state index contributed by atoms with van der Waals surface area (Å²) in [5.74, 6) is -1.08. The van der Waals surface area contributed by atoms with Crippen LogP contribution in [-0.4, -0.2) is 5.11 Å². The van der Waals surface area contributed by atoms with Crippen LogP contribution in [-0.2, 0) is 20.9 Å². The summed E-state index contributed by atoms with van der Waals surface area (Å²) in [7, 11) is 0. The van der Waals surface area contributed by atoms with Crippen LogP contribution in [0, 0.1) is 5.41 Å². The first-order valence-corrected chi connectivity index (χ1v) is 9.48. The van der Waals surface area contributed by atoms with Crippen molar-refractivity contribution in [1.29, 1.82) is 0 Å². The van der Waals surface area contributed by atoms with E-state index >= 15 is 0 Å². The van der Waals surface area contributed by atoms with Gasteiger partial charge in [0.15, 0.2) is 0 Å². The first kappa shape index (κ1) is 17.9. The van der Waals surface area contributed by atoms with Gasteiger partial charge in [-0.25, -0.2) is 0 Å². The van der Waals surface area contributed by atoms with E-state index in [2.05, 4.69) is 26.8 Å². The highest BCUT2D eigenvalue weighted by Crippen LogP contribution is 2.51.